The Morgan fingerprint density at radius 1 is 1.50 bits per heavy atom. The zero-order valence-corrected chi connectivity index (χ0v) is 7.76. The molecule has 2 aromatic rings. The standard InChI is InChI=1S/C9H12N4O/c10-4-2-5-13-7-8(11-12-13)9-3-1-6-14-9/h1,3,6-7H,2,4-5,10H2. The first-order valence-corrected chi connectivity index (χ1v) is 4.54. The van der Waals surface area contributed by atoms with Crippen LogP contribution in [0.3, 0.4) is 0 Å². The molecule has 0 aromatic carbocycles. The van der Waals surface area contributed by atoms with Gasteiger partial charge in [0.25, 0.3) is 0 Å². The van der Waals surface area contributed by atoms with Gasteiger partial charge in [-0.25, -0.2) is 0 Å². The van der Waals surface area contributed by atoms with Gasteiger partial charge in [-0.1, -0.05) is 5.21 Å². The van der Waals surface area contributed by atoms with E-state index in [1.807, 2.05) is 18.3 Å². The molecule has 2 rings (SSSR count). The van der Waals surface area contributed by atoms with E-state index in [0.29, 0.717) is 6.54 Å². The molecule has 5 heteroatoms. The van der Waals surface area contributed by atoms with Gasteiger partial charge < -0.3 is 10.2 Å². The van der Waals surface area contributed by atoms with E-state index in [9.17, 15) is 0 Å². The Morgan fingerprint density at radius 2 is 2.43 bits per heavy atom. The summed E-state index contributed by atoms with van der Waals surface area (Å²) in [6.07, 6.45) is 4.38. The molecule has 2 N–H and O–H groups in total. The summed E-state index contributed by atoms with van der Waals surface area (Å²) in [5.74, 6) is 0.740. The van der Waals surface area contributed by atoms with Crippen LogP contribution in [0.2, 0.25) is 0 Å². The molecule has 0 bridgehead atoms. The zero-order chi connectivity index (χ0) is 9.80. The predicted molar refractivity (Wildman–Crippen MR) is 51.4 cm³/mol. The predicted octanol–water partition coefficient (Wildman–Crippen LogP) is 0.887. The lowest BCUT2D eigenvalue weighted by Crippen LogP contribution is -2.06. The highest BCUT2D eigenvalue weighted by Crippen LogP contribution is 2.15. The lowest BCUT2D eigenvalue weighted by Gasteiger charge is -1.95. The summed E-state index contributed by atoms with van der Waals surface area (Å²) in [5, 5.41) is 7.95. The quantitative estimate of drug-likeness (QED) is 0.780. The smallest absolute Gasteiger partial charge is 0.155 e. The van der Waals surface area contributed by atoms with Crippen LogP contribution in [0, 0.1) is 0 Å². The van der Waals surface area contributed by atoms with Crippen molar-refractivity contribution in [2.75, 3.05) is 6.54 Å². The second kappa shape index (κ2) is 4.06. The molecule has 0 aliphatic heterocycles. The van der Waals surface area contributed by atoms with Crippen LogP contribution in [0.15, 0.2) is 29.0 Å². The van der Waals surface area contributed by atoms with Crippen molar-refractivity contribution in [1.82, 2.24) is 15.0 Å². The van der Waals surface area contributed by atoms with Crippen LogP contribution in [0.1, 0.15) is 6.42 Å². The van der Waals surface area contributed by atoms with Crippen molar-refractivity contribution in [3.05, 3.63) is 24.6 Å². The minimum Gasteiger partial charge on any atom is -0.463 e. The number of rotatable bonds is 4. The Balaban J connectivity index is 2.10. The molecule has 2 aromatic heterocycles. The van der Waals surface area contributed by atoms with Crippen molar-refractivity contribution in [3.8, 4) is 11.5 Å². The molecule has 0 amide bonds. The Kier molecular flexibility index (Phi) is 2.60. The monoisotopic (exact) mass is 192 g/mol. The fraction of sp³-hybridized carbons (Fsp3) is 0.333. The molecular weight excluding hydrogens is 180 g/mol. The Bertz CT molecular complexity index is 379. The first-order valence-electron chi connectivity index (χ1n) is 4.54. The first kappa shape index (κ1) is 8.96. The molecular formula is C9H12N4O. The van der Waals surface area contributed by atoms with Crippen molar-refractivity contribution < 1.29 is 4.42 Å². The Labute approximate surface area is 81.5 Å². The van der Waals surface area contributed by atoms with E-state index in [1.165, 1.54) is 0 Å². The molecule has 0 aliphatic rings. The normalized spacial score (nSPS) is 10.6. The van der Waals surface area contributed by atoms with E-state index in [0.717, 1.165) is 24.4 Å². The van der Waals surface area contributed by atoms with E-state index in [2.05, 4.69) is 10.3 Å². The van der Waals surface area contributed by atoms with Crippen molar-refractivity contribution in [1.29, 1.82) is 0 Å². The van der Waals surface area contributed by atoms with Gasteiger partial charge in [-0.05, 0) is 25.1 Å². The van der Waals surface area contributed by atoms with Crippen LogP contribution in [-0.2, 0) is 6.54 Å². The van der Waals surface area contributed by atoms with Crippen molar-refractivity contribution in [2.45, 2.75) is 13.0 Å². The molecule has 0 unspecified atom stereocenters. The molecule has 0 atom stereocenters. The maximum absolute atomic E-state index is 5.40. The number of hydrogen-bond donors (Lipinski definition) is 1. The zero-order valence-electron chi connectivity index (χ0n) is 7.76. The minimum atomic E-state index is 0.663. The third-order valence-corrected chi connectivity index (χ3v) is 1.90. The van der Waals surface area contributed by atoms with Gasteiger partial charge in [0.05, 0.1) is 12.5 Å². The summed E-state index contributed by atoms with van der Waals surface area (Å²) < 4.78 is 6.97. The van der Waals surface area contributed by atoms with Crippen LogP contribution >= 0.6 is 0 Å². The van der Waals surface area contributed by atoms with Gasteiger partial charge >= 0.3 is 0 Å². The molecule has 0 aliphatic carbocycles. The number of hydrogen-bond acceptors (Lipinski definition) is 4. The second-order valence-corrected chi connectivity index (χ2v) is 2.99. The third-order valence-electron chi connectivity index (χ3n) is 1.90. The third kappa shape index (κ3) is 1.82. The molecule has 0 saturated heterocycles. The van der Waals surface area contributed by atoms with Gasteiger partial charge in [-0.3, -0.25) is 4.68 Å². The van der Waals surface area contributed by atoms with Gasteiger partial charge in [0, 0.05) is 6.54 Å². The number of furan rings is 1. The average Bonchev–Trinajstić information content (AvgIpc) is 2.85. The molecule has 0 spiro atoms. The second-order valence-electron chi connectivity index (χ2n) is 2.99. The van der Waals surface area contributed by atoms with Crippen LogP contribution in [-0.4, -0.2) is 21.5 Å². The summed E-state index contributed by atoms with van der Waals surface area (Å²) in [4.78, 5) is 0. The summed E-state index contributed by atoms with van der Waals surface area (Å²) in [6.45, 7) is 1.46. The summed E-state index contributed by atoms with van der Waals surface area (Å²) in [5.41, 5.74) is 6.15. The topological polar surface area (TPSA) is 69.9 Å². The number of aromatic nitrogens is 3. The van der Waals surface area contributed by atoms with Gasteiger partial charge in [0.2, 0.25) is 0 Å². The molecule has 14 heavy (non-hydrogen) atoms. The molecule has 0 saturated carbocycles. The van der Waals surface area contributed by atoms with E-state index in [-0.39, 0.29) is 0 Å². The maximum atomic E-state index is 5.40. The van der Waals surface area contributed by atoms with Gasteiger partial charge in [0.1, 0.15) is 5.69 Å². The molecule has 5 nitrogen and oxygen atoms in total. The average molecular weight is 192 g/mol. The highest BCUT2D eigenvalue weighted by atomic mass is 16.3. The number of nitrogens with two attached hydrogens (primary N) is 1. The van der Waals surface area contributed by atoms with E-state index < -0.39 is 0 Å². The van der Waals surface area contributed by atoms with E-state index in [1.54, 1.807) is 10.9 Å². The first-order chi connectivity index (χ1) is 6.90. The summed E-state index contributed by atoms with van der Waals surface area (Å²) in [7, 11) is 0. The van der Waals surface area contributed by atoms with Crippen LogP contribution < -0.4 is 5.73 Å². The Hall–Kier alpha value is -1.62. The number of aryl methyl sites for hydroxylation is 1. The van der Waals surface area contributed by atoms with Crippen LogP contribution in [0.25, 0.3) is 11.5 Å². The van der Waals surface area contributed by atoms with Crippen LogP contribution in [0.4, 0.5) is 0 Å². The van der Waals surface area contributed by atoms with Crippen LogP contribution in [0.5, 0.6) is 0 Å². The molecule has 74 valence electrons. The van der Waals surface area contributed by atoms with Crippen molar-refractivity contribution in [2.24, 2.45) is 5.73 Å². The van der Waals surface area contributed by atoms with E-state index >= 15 is 0 Å². The lowest BCUT2D eigenvalue weighted by atomic mass is 10.3. The summed E-state index contributed by atoms with van der Waals surface area (Å²) in [6, 6.07) is 3.69. The van der Waals surface area contributed by atoms with Crippen molar-refractivity contribution in [3.63, 3.8) is 0 Å². The highest BCUT2D eigenvalue weighted by molar-refractivity contribution is 5.49. The molecule has 0 fully saturated rings. The fourth-order valence-corrected chi connectivity index (χ4v) is 1.20. The summed E-state index contributed by atoms with van der Waals surface area (Å²) >= 11 is 0. The molecule has 0 radical (unpaired) electrons. The highest BCUT2D eigenvalue weighted by Gasteiger charge is 2.05. The largest absolute Gasteiger partial charge is 0.463 e. The number of nitrogens with zero attached hydrogens (tertiary/aromatic N) is 3. The van der Waals surface area contributed by atoms with Crippen molar-refractivity contribution >= 4 is 0 Å². The van der Waals surface area contributed by atoms with Gasteiger partial charge in [-0.15, -0.1) is 5.10 Å². The lowest BCUT2D eigenvalue weighted by molar-refractivity contribution is 0.564. The Morgan fingerprint density at radius 3 is 3.14 bits per heavy atom. The maximum Gasteiger partial charge on any atom is 0.155 e. The SMILES string of the molecule is NCCCn1cc(-c2ccco2)nn1. The molecule has 2 heterocycles. The van der Waals surface area contributed by atoms with Gasteiger partial charge in [0.15, 0.2) is 5.76 Å². The van der Waals surface area contributed by atoms with Gasteiger partial charge in [-0.2, -0.15) is 0 Å². The van der Waals surface area contributed by atoms with E-state index in [4.69, 9.17) is 10.2 Å². The minimum absolute atomic E-state index is 0.663. The fourth-order valence-electron chi connectivity index (χ4n) is 1.20.